The van der Waals surface area contributed by atoms with E-state index in [-0.39, 0.29) is 0 Å². The molecule has 0 amide bonds. The van der Waals surface area contributed by atoms with E-state index in [1.54, 1.807) is 25.3 Å². The van der Waals surface area contributed by atoms with Gasteiger partial charge in [0.25, 0.3) is 0 Å². The molecular formula is C15H17ClN2O2. The number of rotatable bonds is 5. The lowest BCUT2D eigenvalue weighted by Crippen LogP contribution is -2.34. The van der Waals surface area contributed by atoms with Crippen LogP contribution in [0.1, 0.15) is 20.3 Å². The van der Waals surface area contributed by atoms with Crippen LogP contribution in [-0.4, -0.2) is 22.6 Å². The highest BCUT2D eigenvalue weighted by molar-refractivity contribution is 6.31. The van der Waals surface area contributed by atoms with Crippen molar-refractivity contribution in [1.82, 2.24) is 4.98 Å². The number of benzene rings is 1. The van der Waals surface area contributed by atoms with E-state index in [1.807, 2.05) is 19.1 Å². The monoisotopic (exact) mass is 292 g/mol. The number of aliphatic carboxylic acids is 1. The van der Waals surface area contributed by atoms with Gasteiger partial charge in [0, 0.05) is 28.8 Å². The van der Waals surface area contributed by atoms with Crippen molar-refractivity contribution < 1.29 is 9.90 Å². The Morgan fingerprint density at radius 1 is 1.45 bits per heavy atom. The topological polar surface area (TPSA) is 62.2 Å². The smallest absolute Gasteiger partial charge is 0.311 e. The summed E-state index contributed by atoms with van der Waals surface area (Å²) >= 11 is 5.95. The molecule has 0 aliphatic rings. The van der Waals surface area contributed by atoms with Gasteiger partial charge >= 0.3 is 5.97 Å². The fraction of sp³-hybridized carbons (Fsp3) is 0.333. The Morgan fingerprint density at radius 3 is 2.85 bits per heavy atom. The Bertz CT molecular complexity index is 645. The highest BCUT2D eigenvalue weighted by Crippen LogP contribution is 2.27. The van der Waals surface area contributed by atoms with Crippen molar-refractivity contribution in [2.24, 2.45) is 5.41 Å². The van der Waals surface area contributed by atoms with Gasteiger partial charge in [-0.15, -0.1) is 0 Å². The molecule has 1 atom stereocenters. The summed E-state index contributed by atoms with van der Waals surface area (Å²) in [4.78, 5) is 15.6. The van der Waals surface area contributed by atoms with Gasteiger partial charge in [-0.25, -0.2) is 0 Å². The predicted molar refractivity (Wildman–Crippen MR) is 81.3 cm³/mol. The van der Waals surface area contributed by atoms with Crippen molar-refractivity contribution in [1.29, 1.82) is 0 Å². The molecule has 0 saturated heterocycles. The lowest BCUT2D eigenvalue weighted by Gasteiger charge is -2.24. The number of fused-ring (bicyclic) bond motifs is 1. The average molecular weight is 293 g/mol. The van der Waals surface area contributed by atoms with E-state index in [9.17, 15) is 9.90 Å². The number of aromatic nitrogens is 1. The molecule has 1 aromatic carbocycles. The van der Waals surface area contributed by atoms with Crippen molar-refractivity contribution >= 4 is 34.2 Å². The van der Waals surface area contributed by atoms with E-state index in [4.69, 9.17) is 11.6 Å². The molecule has 106 valence electrons. The minimum atomic E-state index is -0.797. The molecule has 1 aromatic heterocycles. The summed E-state index contributed by atoms with van der Waals surface area (Å²) < 4.78 is 0. The first-order chi connectivity index (χ1) is 9.46. The van der Waals surface area contributed by atoms with E-state index >= 15 is 0 Å². The molecule has 0 bridgehead atoms. The zero-order chi connectivity index (χ0) is 14.8. The van der Waals surface area contributed by atoms with Crippen molar-refractivity contribution in [3.8, 4) is 0 Å². The molecule has 2 aromatic rings. The average Bonchev–Trinajstić information content (AvgIpc) is 2.44. The van der Waals surface area contributed by atoms with Crippen LogP contribution in [0.3, 0.4) is 0 Å². The van der Waals surface area contributed by atoms with E-state index in [0.29, 0.717) is 18.0 Å². The molecule has 20 heavy (non-hydrogen) atoms. The molecule has 0 fully saturated rings. The van der Waals surface area contributed by atoms with E-state index < -0.39 is 11.4 Å². The second-order valence-corrected chi connectivity index (χ2v) is 5.53. The lowest BCUT2D eigenvalue weighted by molar-refractivity contribution is -0.147. The quantitative estimate of drug-likeness (QED) is 0.880. The third-order valence-electron chi connectivity index (χ3n) is 3.67. The fourth-order valence-electron chi connectivity index (χ4n) is 1.92. The highest BCUT2D eigenvalue weighted by atomic mass is 35.5. The Morgan fingerprint density at radius 2 is 2.20 bits per heavy atom. The minimum absolute atomic E-state index is 0.362. The summed E-state index contributed by atoms with van der Waals surface area (Å²) in [5, 5.41) is 14.1. The van der Waals surface area contributed by atoms with Crippen LogP contribution in [0.4, 0.5) is 5.69 Å². The number of carboxylic acid groups (broad SMARTS) is 1. The van der Waals surface area contributed by atoms with Gasteiger partial charge in [-0.2, -0.15) is 0 Å². The summed E-state index contributed by atoms with van der Waals surface area (Å²) in [6, 6.07) is 7.32. The largest absolute Gasteiger partial charge is 0.481 e. The third-order valence-corrected chi connectivity index (χ3v) is 3.91. The van der Waals surface area contributed by atoms with Crippen LogP contribution in [0.15, 0.2) is 30.5 Å². The molecule has 2 rings (SSSR count). The molecule has 0 aliphatic carbocycles. The van der Waals surface area contributed by atoms with Crippen LogP contribution in [0.2, 0.25) is 5.02 Å². The number of carbonyl (C=O) groups is 1. The Kier molecular flexibility index (Phi) is 4.14. The SMILES string of the molecule is CCC(C)(CNc1ccnc2cc(Cl)ccc12)C(=O)O. The Balaban J connectivity index is 2.28. The fourth-order valence-corrected chi connectivity index (χ4v) is 2.08. The van der Waals surface area contributed by atoms with Crippen molar-refractivity contribution in [2.75, 3.05) is 11.9 Å². The first-order valence-electron chi connectivity index (χ1n) is 6.48. The number of carboxylic acids is 1. The Labute approximate surface area is 122 Å². The van der Waals surface area contributed by atoms with E-state index in [2.05, 4.69) is 10.3 Å². The van der Waals surface area contributed by atoms with E-state index in [1.165, 1.54) is 0 Å². The van der Waals surface area contributed by atoms with Crippen molar-refractivity contribution in [3.63, 3.8) is 0 Å². The molecule has 0 spiro atoms. The molecule has 0 saturated carbocycles. The number of pyridine rings is 1. The van der Waals surface area contributed by atoms with Gasteiger partial charge in [0.15, 0.2) is 0 Å². The van der Waals surface area contributed by atoms with Crippen molar-refractivity contribution in [2.45, 2.75) is 20.3 Å². The summed E-state index contributed by atoms with van der Waals surface area (Å²) in [7, 11) is 0. The molecular weight excluding hydrogens is 276 g/mol. The van der Waals surface area contributed by atoms with E-state index in [0.717, 1.165) is 16.6 Å². The van der Waals surface area contributed by atoms with Crippen LogP contribution < -0.4 is 5.32 Å². The van der Waals surface area contributed by atoms with Crippen LogP contribution in [-0.2, 0) is 4.79 Å². The number of hydrogen-bond acceptors (Lipinski definition) is 3. The maximum atomic E-state index is 11.3. The van der Waals surface area contributed by atoms with Gasteiger partial charge in [-0.05, 0) is 37.6 Å². The van der Waals surface area contributed by atoms with Crippen LogP contribution >= 0.6 is 11.6 Å². The summed E-state index contributed by atoms with van der Waals surface area (Å²) in [5.74, 6) is -0.797. The van der Waals surface area contributed by atoms with Gasteiger partial charge < -0.3 is 10.4 Å². The molecule has 4 nitrogen and oxygen atoms in total. The number of hydrogen-bond donors (Lipinski definition) is 2. The predicted octanol–water partition coefficient (Wildman–Crippen LogP) is 3.80. The van der Waals surface area contributed by atoms with Gasteiger partial charge in [-0.3, -0.25) is 9.78 Å². The zero-order valence-electron chi connectivity index (χ0n) is 11.5. The zero-order valence-corrected chi connectivity index (χ0v) is 12.2. The van der Waals surface area contributed by atoms with Crippen molar-refractivity contribution in [3.05, 3.63) is 35.5 Å². The van der Waals surface area contributed by atoms with Gasteiger partial charge in [-0.1, -0.05) is 18.5 Å². The van der Waals surface area contributed by atoms with Gasteiger partial charge in [0.1, 0.15) is 0 Å². The van der Waals surface area contributed by atoms with Crippen LogP contribution in [0, 0.1) is 5.41 Å². The summed E-state index contributed by atoms with van der Waals surface area (Å²) in [6.45, 7) is 3.98. The minimum Gasteiger partial charge on any atom is -0.481 e. The number of nitrogens with one attached hydrogen (secondary N) is 1. The molecule has 0 aliphatic heterocycles. The molecule has 1 heterocycles. The third kappa shape index (κ3) is 2.85. The lowest BCUT2D eigenvalue weighted by atomic mass is 9.87. The molecule has 0 radical (unpaired) electrons. The summed E-state index contributed by atoms with van der Waals surface area (Å²) in [6.07, 6.45) is 2.25. The maximum absolute atomic E-state index is 11.3. The second-order valence-electron chi connectivity index (χ2n) is 5.09. The number of anilines is 1. The number of halogens is 1. The van der Waals surface area contributed by atoms with Gasteiger partial charge in [0.05, 0.1) is 10.9 Å². The molecule has 1 unspecified atom stereocenters. The highest BCUT2D eigenvalue weighted by Gasteiger charge is 2.30. The normalized spacial score (nSPS) is 13.9. The maximum Gasteiger partial charge on any atom is 0.311 e. The van der Waals surface area contributed by atoms with Crippen LogP contribution in [0.5, 0.6) is 0 Å². The first kappa shape index (κ1) is 14.6. The Hall–Kier alpha value is -1.81. The first-order valence-corrected chi connectivity index (χ1v) is 6.85. The standard InChI is InChI=1S/C15H17ClN2O2/c1-3-15(2,14(19)20)9-18-12-6-7-17-13-8-10(16)4-5-11(12)13/h4-8H,3,9H2,1-2H3,(H,17,18)(H,19,20). The second kappa shape index (κ2) is 5.67. The van der Waals surface area contributed by atoms with Gasteiger partial charge in [0.2, 0.25) is 0 Å². The summed E-state index contributed by atoms with van der Waals surface area (Å²) in [5.41, 5.74) is 0.866. The molecule has 2 N–H and O–H groups in total. The number of nitrogens with zero attached hydrogens (tertiary/aromatic N) is 1. The molecule has 5 heteroatoms. The van der Waals surface area contributed by atoms with Crippen LogP contribution in [0.25, 0.3) is 10.9 Å².